The van der Waals surface area contributed by atoms with Gasteiger partial charge in [-0.1, -0.05) is 11.2 Å². The molecule has 10 heteroatoms. The number of piperidine rings is 1. The highest BCUT2D eigenvalue weighted by Gasteiger charge is 2.49. The zero-order chi connectivity index (χ0) is 24.7. The van der Waals surface area contributed by atoms with Crippen LogP contribution in [-0.4, -0.2) is 65.8 Å². The second-order valence-electron chi connectivity index (χ2n) is 9.46. The van der Waals surface area contributed by atoms with Gasteiger partial charge in [0.15, 0.2) is 5.69 Å². The fourth-order valence-corrected chi connectivity index (χ4v) is 5.42. The summed E-state index contributed by atoms with van der Waals surface area (Å²) in [5.74, 6) is -0.637. The number of anilines is 1. The summed E-state index contributed by atoms with van der Waals surface area (Å²) < 4.78 is 15.3. The van der Waals surface area contributed by atoms with Gasteiger partial charge in [0, 0.05) is 24.7 Å². The van der Waals surface area contributed by atoms with Crippen LogP contribution in [0, 0.1) is 12.3 Å². The van der Waals surface area contributed by atoms with E-state index in [1.165, 1.54) is 6.07 Å². The number of carbonyl (C=O) groups excluding carboxylic acids is 3. The lowest BCUT2D eigenvalue weighted by atomic mass is 9.77. The number of aliphatic hydroxyl groups is 1. The molecule has 0 unspecified atom stereocenters. The number of aliphatic hydroxyl groups excluding tert-OH is 1. The highest BCUT2D eigenvalue weighted by Crippen LogP contribution is 2.43. The first-order valence-corrected chi connectivity index (χ1v) is 12.0. The lowest BCUT2D eigenvalue weighted by molar-refractivity contribution is -0.128. The highest BCUT2D eigenvalue weighted by atomic mass is 16.5. The number of aromatic nitrogens is 1. The van der Waals surface area contributed by atoms with Crippen LogP contribution in [0.3, 0.4) is 0 Å². The first kappa shape index (κ1) is 23.5. The molecule has 1 N–H and O–H groups in total. The van der Waals surface area contributed by atoms with E-state index in [1.54, 1.807) is 24.0 Å². The van der Waals surface area contributed by atoms with Gasteiger partial charge in [0.05, 0.1) is 23.7 Å². The summed E-state index contributed by atoms with van der Waals surface area (Å²) in [4.78, 5) is 40.7. The first-order chi connectivity index (χ1) is 16.8. The van der Waals surface area contributed by atoms with Crippen LogP contribution in [0.4, 0.5) is 5.88 Å². The van der Waals surface area contributed by atoms with Crippen LogP contribution < -0.4 is 4.90 Å². The minimum absolute atomic E-state index is 0.0107. The monoisotopic (exact) mass is 483 g/mol. The molecule has 10 nitrogen and oxygen atoms in total. The van der Waals surface area contributed by atoms with E-state index in [-0.39, 0.29) is 36.7 Å². The molecule has 3 aliphatic heterocycles. The molecule has 2 saturated heterocycles. The zero-order valence-corrected chi connectivity index (χ0v) is 19.9. The third kappa shape index (κ3) is 4.10. The zero-order valence-electron chi connectivity index (χ0n) is 19.9. The summed E-state index contributed by atoms with van der Waals surface area (Å²) in [7, 11) is 0. The third-order valence-corrected chi connectivity index (χ3v) is 7.57. The number of hydrogen-bond donors (Lipinski definition) is 1. The second-order valence-corrected chi connectivity index (χ2v) is 9.46. The number of likely N-dealkylation sites (tertiary alicyclic amines) is 1. The Morgan fingerprint density at radius 1 is 1.23 bits per heavy atom. The molecule has 3 aliphatic rings. The lowest BCUT2D eigenvalue weighted by Crippen LogP contribution is -2.45. The Labute approximate surface area is 202 Å². The van der Waals surface area contributed by atoms with Gasteiger partial charge in [-0.15, -0.1) is 0 Å². The Morgan fingerprint density at radius 3 is 2.71 bits per heavy atom. The van der Waals surface area contributed by atoms with Crippen molar-refractivity contribution in [3.63, 3.8) is 0 Å². The molecule has 4 heterocycles. The number of carbonyl (C=O) groups is 3. The molecular formula is C25H29N3O7. The summed E-state index contributed by atoms with van der Waals surface area (Å²) in [5, 5.41) is 14.7. The highest BCUT2D eigenvalue weighted by molar-refractivity contribution is 5.99. The maximum atomic E-state index is 13.3. The largest absolute Gasteiger partial charge is 0.461 e. The summed E-state index contributed by atoms with van der Waals surface area (Å²) in [5.41, 5.74) is 2.69. The number of amides is 1. The van der Waals surface area contributed by atoms with E-state index in [1.807, 2.05) is 6.92 Å². The van der Waals surface area contributed by atoms with Crippen LogP contribution in [0.25, 0.3) is 0 Å². The number of β-amino-alcohol motifs (C(OH)–C–C–N with tert-alkyl or cyclic N) is 1. The second kappa shape index (κ2) is 9.09. The summed E-state index contributed by atoms with van der Waals surface area (Å²) in [6.07, 6.45) is 1.37. The predicted molar refractivity (Wildman–Crippen MR) is 123 cm³/mol. The Morgan fingerprint density at radius 2 is 1.97 bits per heavy atom. The fraction of sp³-hybridized carbons (Fsp3) is 0.520. The number of fused-ring (bicyclic) bond motifs is 1. The maximum absolute atomic E-state index is 13.3. The van der Waals surface area contributed by atoms with Gasteiger partial charge in [0.2, 0.25) is 11.8 Å². The Bertz CT molecular complexity index is 1170. The molecule has 1 spiro atoms. The molecule has 1 aromatic carbocycles. The van der Waals surface area contributed by atoms with E-state index in [9.17, 15) is 19.5 Å². The van der Waals surface area contributed by atoms with Crippen LogP contribution in [0.5, 0.6) is 0 Å². The van der Waals surface area contributed by atoms with Gasteiger partial charge in [-0.3, -0.25) is 9.69 Å². The molecule has 0 radical (unpaired) electrons. The van der Waals surface area contributed by atoms with Crippen molar-refractivity contribution >= 4 is 23.7 Å². The van der Waals surface area contributed by atoms with E-state index >= 15 is 0 Å². The van der Waals surface area contributed by atoms with Crippen molar-refractivity contribution < 1.29 is 33.5 Å². The van der Waals surface area contributed by atoms with Gasteiger partial charge in [0.1, 0.15) is 6.61 Å². The van der Waals surface area contributed by atoms with Crippen molar-refractivity contribution in [1.82, 2.24) is 10.1 Å². The number of ether oxygens (including phenoxy) is 2. The van der Waals surface area contributed by atoms with Crippen molar-refractivity contribution in [1.29, 1.82) is 0 Å². The lowest BCUT2D eigenvalue weighted by Gasteiger charge is -2.38. The van der Waals surface area contributed by atoms with Crippen molar-refractivity contribution in [2.75, 3.05) is 37.7 Å². The maximum Gasteiger partial charge on any atom is 0.360 e. The van der Waals surface area contributed by atoms with Crippen LogP contribution in [0.15, 0.2) is 22.7 Å². The number of cyclic esters (lactones) is 1. The van der Waals surface area contributed by atoms with Gasteiger partial charge in [-0.25, -0.2) is 9.59 Å². The smallest absolute Gasteiger partial charge is 0.360 e. The number of hydrogen-bond acceptors (Lipinski definition) is 9. The number of benzene rings is 1. The molecule has 1 atom stereocenters. The van der Waals surface area contributed by atoms with Crippen molar-refractivity contribution in [3.05, 3.63) is 46.1 Å². The third-order valence-electron chi connectivity index (χ3n) is 7.57. The Kier molecular flexibility index (Phi) is 6.10. The SMILES string of the molecule is CCOC(=O)c1cc(N2CCC3(CCN(C[C@H](O)c4ccc5c(c4C)COC5=O)CC3)C2=O)on1. The van der Waals surface area contributed by atoms with Crippen LogP contribution in [0.2, 0.25) is 0 Å². The first-order valence-electron chi connectivity index (χ1n) is 12.0. The van der Waals surface area contributed by atoms with Gasteiger partial charge in [-0.2, -0.15) is 0 Å². The molecule has 1 amide bonds. The molecule has 2 aromatic rings. The number of esters is 2. The molecule has 0 saturated carbocycles. The van der Waals surface area contributed by atoms with E-state index in [2.05, 4.69) is 10.1 Å². The van der Waals surface area contributed by atoms with Gasteiger partial charge in [-0.05, 0) is 63.4 Å². The van der Waals surface area contributed by atoms with Crippen molar-refractivity contribution in [3.8, 4) is 0 Å². The van der Waals surface area contributed by atoms with Crippen LogP contribution in [0.1, 0.15) is 69.8 Å². The molecule has 1 aromatic heterocycles. The summed E-state index contributed by atoms with van der Waals surface area (Å²) in [6.45, 7) is 6.44. The number of rotatable bonds is 6. The van der Waals surface area contributed by atoms with E-state index < -0.39 is 17.5 Å². The van der Waals surface area contributed by atoms with Gasteiger partial charge in [0.25, 0.3) is 0 Å². The number of nitrogens with zero attached hydrogens (tertiary/aromatic N) is 3. The van der Waals surface area contributed by atoms with E-state index in [4.69, 9.17) is 14.0 Å². The van der Waals surface area contributed by atoms with Gasteiger partial charge >= 0.3 is 11.9 Å². The standard InChI is InChI=1S/C25H29N3O7/c1-3-33-23(31)19-12-21(35-26-19)28-11-8-25(24(28)32)6-9-27(10-7-25)13-20(29)16-4-5-17-18(15(16)2)14-34-22(17)30/h4-5,12,20,29H,3,6-11,13-14H2,1-2H3/t20-/m0/s1. The Hall–Kier alpha value is -3.24. The average molecular weight is 484 g/mol. The molecule has 0 bridgehead atoms. The van der Waals surface area contributed by atoms with Gasteiger partial charge < -0.3 is 24.0 Å². The van der Waals surface area contributed by atoms with E-state index in [0.717, 1.165) is 16.7 Å². The normalized spacial score (nSPS) is 20.3. The fourth-order valence-electron chi connectivity index (χ4n) is 5.42. The molecule has 2 fully saturated rings. The minimum atomic E-state index is -0.698. The van der Waals surface area contributed by atoms with Crippen molar-refractivity contribution in [2.24, 2.45) is 5.41 Å². The topological polar surface area (TPSA) is 122 Å². The molecule has 186 valence electrons. The predicted octanol–water partition coefficient (Wildman–Crippen LogP) is 2.38. The van der Waals surface area contributed by atoms with Crippen LogP contribution >= 0.6 is 0 Å². The van der Waals surface area contributed by atoms with Crippen molar-refractivity contribution in [2.45, 2.75) is 45.8 Å². The van der Waals surface area contributed by atoms with Crippen LogP contribution in [-0.2, 0) is 20.9 Å². The summed E-state index contributed by atoms with van der Waals surface area (Å²) >= 11 is 0. The minimum Gasteiger partial charge on any atom is -0.461 e. The van der Waals surface area contributed by atoms with E-state index in [0.29, 0.717) is 51.0 Å². The average Bonchev–Trinajstić information content (AvgIpc) is 3.55. The molecule has 5 rings (SSSR count). The summed E-state index contributed by atoms with van der Waals surface area (Å²) in [6, 6.07) is 4.99. The molecule has 35 heavy (non-hydrogen) atoms. The quantitative estimate of drug-likeness (QED) is 0.617. The molecular weight excluding hydrogens is 454 g/mol. The Balaban J connectivity index is 1.20. The molecule has 0 aliphatic carbocycles.